The number of carbonyl (C=O) groups excluding carboxylic acids is 1. The van der Waals surface area contributed by atoms with Crippen molar-refractivity contribution in [3.8, 4) is 0 Å². The molecule has 0 bridgehead atoms. The van der Waals surface area contributed by atoms with E-state index >= 15 is 0 Å². The van der Waals surface area contributed by atoms with Crippen LogP contribution in [0.4, 0.5) is 5.69 Å². The van der Waals surface area contributed by atoms with E-state index in [1.54, 1.807) is 0 Å². The van der Waals surface area contributed by atoms with Crippen molar-refractivity contribution in [2.24, 2.45) is 0 Å². The zero-order valence-electron chi connectivity index (χ0n) is 14.0. The summed E-state index contributed by atoms with van der Waals surface area (Å²) in [5, 5.41) is 11.3. The summed E-state index contributed by atoms with van der Waals surface area (Å²) in [6.45, 7) is 2.32. The van der Waals surface area contributed by atoms with Crippen LogP contribution in [0, 0.1) is 0 Å². The van der Waals surface area contributed by atoms with E-state index in [0.717, 1.165) is 19.3 Å². The van der Waals surface area contributed by atoms with E-state index in [1.807, 2.05) is 0 Å². The first kappa shape index (κ1) is 19.3. The van der Waals surface area contributed by atoms with Crippen molar-refractivity contribution < 1.29 is 14.6 Å². The van der Waals surface area contributed by atoms with Gasteiger partial charge < -0.3 is 15.6 Å². The number of hydrogen-bond donors (Lipinski definition) is 3. The number of nitrogens with zero attached hydrogens (tertiary/aromatic N) is 1. The van der Waals surface area contributed by atoms with Crippen LogP contribution in [-0.2, 0) is 11.3 Å². The number of nitrogens with one attached hydrogen (secondary N) is 1. The van der Waals surface area contributed by atoms with Crippen molar-refractivity contribution in [3.63, 3.8) is 0 Å². The van der Waals surface area contributed by atoms with Crippen molar-refractivity contribution in [2.45, 2.75) is 64.8 Å². The van der Waals surface area contributed by atoms with Crippen LogP contribution in [0.15, 0.2) is 4.79 Å². The van der Waals surface area contributed by atoms with Gasteiger partial charge >= 0.3 is 5.97 Å². The van der Waals surface area contributed by atoms with Crippen LogP contribution in [0.5, 0.6) is 0 Å². The third-order valence-corrected chi connectivity index (χ3v) is 3.76. The molecule has 0 spiro atoms. The molecule has 0 radical (unpaired) electrons. The second-order valence-corrected chi connectivity index (χ2v) is 5.69. The molecule has 1 rings (SSSR count). The van der Waals surface area contributed by atoms with Crippen molar-refractivity contribution in [3.05, 3.63) is 16.0 Å². The number of ether oxygens (including phenoxy) is 1. The van der Waals surface area contributed by atoms with E-state index in [0.29, 0.717) is 6.54 Å². The molecule has 1 aromatic heterocycles. The molecule has 7 heteroatoms. The third kappa shape index (κ3) is 6.48. The minimum Gasteiger partial charge on any atom is -0.458 e. The number of aliphatic hydroxyl groups is 1. The summed E-state index contributed by atoms with van der Waals surface area (Å²) in [5.41, 5.74) is 5.08. The molecule has 132 valence electrons. The predicted molar refractivity (Wildman–Crippen MR) is 89.4 cm³/mol. The number of aliphatic hydroxyl groups excluding tert-OH is 1. The van der Waals surface area contributed by atoms with Crippen molar-refractivity contribution >= 4 is 11.7 Å². The number of nitrogens with two attached hydrogens (primary N) is 1. The molecule has 0 amide bonds. The molecular weight excluding hydrogens is 298 g/mol. The highest BCUT2D eigenvalue weighted by Gasteiger charge is 2.18. The van der Waals surface area contributed by atoms with Crippen LogP contribution in [0.2, 0.25) is 0 Å². The second kappa shape index (κ2) is 10.9. The van der Waals surface area contributed by atoms with E-state index in [-0.39, 0.29) is 24.6 Å². The van der Waals surface area contributed by atoms with Crippen LogP contribution in [0.3, 0.4) is 0 Å². The Morgan fingerprint density at radius 1 is 1.17 bits per heavy atom. The van der Waals surface area contributed by atoms with Crippen LogP contribution < -0.4 is 11.3 Å². The minimum absolute atomic E-state index is 0.0389. The van der Waals surface area contributed by atoms with Crippen LogP contribution in [0.1, 0.15) is 68.8 Å². The number of rotatable bonds is 12. The highest BCUT2D eigenvalue weighted by atomic mass is 16.5. The van der Waals surface area contributed by atoms with Gasteiger partial charge in [0, 0.05) is 6.54 Å². The lowest BCUT2D eigenvalue weighted by Gasteiger charge is -2.03. The molecule has 0 aliphatic carbocycles. The third-order valence-electron chi connectivity index (χ3n) is 3.76. The quantitative estimate of drug-likeness (QED) is 0.402. The molecule has 0 aromatic carbocycles. The first-order valence-corrected chi connectivity index (χ1v) is 8.48. The van der Waals surface area contributed by atoms with Crippen LogP contribution in [-0.4, -0.2) is 34.1 Å². The summed E-state index contributed by atoms with van der Waals surface area (Å²) in [6, 6.07) is 0. The molecule has 1 aromatic rings. The summed E-state index contributed by atoms with van der Waals surface area (Å²) in [7, 11) is 0. The van der Waals surface area contributed by atoms with Crippen molar-refractivity contribution in [1.82, 2.24) is 9.78 Å². The maximum absolute atomic E-state index is 12.0. The standard InChI is InChI=1S/C16H29N3O4/c1-2-3-4-5-6-7-8-9-10-19-15(21)13(17)14(18-19)16(22)23-12-11-20/h18,20H,2-12,17H2,1H3. The van der Waals surface area contributed by atoms with Gasteiger partial charge in [0.05, 0.1) is 6.61 Å². The van der Waals surface area contributed by atoms with Gasteiger partial charge in [0.25, 0.3) is 5.56 Å². The van der Waals surface area contributed by atoms with E-state index in [9.17, 15) is 9.59 Å². The van der Waals surface area contributed by atoms with E-state index < -0.39 is 11.5 Å². The average molecular weight is 327 g/mol. The molecule has 4 N–H and O–H groups in total. The Bertz CT molecular complexity index is 522. The molecule has 0 unspecified atom stereocenters. The number of aromatic amines is 1. The number of aryl methyl sites for hydroxylation is 1. The first-order valence-electron chi connectivity index (χ1n) is 8.48. The molecule has 0 fully saturated rings. The van der Waals surface area contributed by atoms with Gasteiger partial charge in [0.15, 0.2) is 5.69 Å². The van der Waals surface area contributed by atoms with Crippen molar-refractivity contribution in [2.75, 3.05) is 18.9 Å². The summed E-state index contributed by atoms with van der Waals surface area (Å²) in [6.07, 6.45) is 9.39. The summed E-state index contributed by atoms with van der Waals surface area (Å²) >= 11 is 0. The SMILES string of the molecule is CCCCCCCCCCn1[nH]c(C(=O)OCCO)c(N)c1=O. The molecular formula is C16H29N3O4. The molecule has 0 aliphatic rings. The maximum Gasteiger partial charge on any atom is 0.358 e. The lowest BCUT2D eigenvalue weighted by Crippen LogP contribution is -2.18. The lowest BCUT2D eigenvalue weighted by molar-refractivity contribution is 0.0427. The number of hydrogen-bond acceptors (Lipinski definition) is 5. The number of H-pyrrole nitrogens is 1. The maximum atomic E-state index is 12.0. The number of unbranched alkanes of at least 4 members (excludes halogenated alkanes) is 7. The zero-order valence-corrected chi connectivity index (χ0v) is 14.0. The lowest BCUT2D eigenvalue weighted by atomic mass is 10.1. The Hall–Kier alpha value is -1.76. The highest BCUT2D eigenvalue weighted by Crippen LogP contribution is 2.10. The Morgan fingerprint density at radius 2 is 1.78 bits per heavy atom. The van der Waals surface area contributed by atoms with Crippen LogP contribution in [0.25, 0.3) is 0 Å². The fraction of sp³-hybridized carbons (Fsp3) is 0.750. The molecule has 7 nitrogen and oxygen atoms in total. The molecule has 0 aliphatic heterocycles. The van der Waals surface area contributed by atoms with Gasteiger partial charge in [-0.3, -0.25) is 14.6 Å². The number of aromatic nitrogens is 2. The summed E-state index contributed by atoms with van der Waals surface area (Å²) in [5.74, 6) is -0.719. The Balaban J connectivity index is 2.37. The Kier molecular flexibility index (Phi) is 9.12. The normalized spacial score (nSPS) is 10.9. The molecule has 1 heterocycles. The van der Waals surface area contributed by atoms with Gasteiger partial charge in [-0.05, 0) is 6.42 Å². The van der Waals surface area contributed by atoms with Gasteiger partial charge in [-0.15, -0.1) is 0 Å². The number of carbonyl (C=O) groups is 1. The summed E-state index contributed by atoms with van der Waals surface area (Å²) < 4.78 is 6.11. The number of nitrogen functional groups attached to an aromatic ring is 1. The average Bonchev–Trinajstić information content (AvgIpc) is 2.83. The molecule has 23 heavy (non-hydrogen) atoms. The van der Waals surface area contributed by atoms with Gasteiger partial charge in [-0.1, -0.05) is 51.9 Å². The van der Waals surface area contributed by atoms with E-state index in [4.69, 9.17) is 15.6 Å². The fourth-order valence-corrected chi connectivity index (χ4v) is 2.43. The van der Waals surface area contributed by atoms with E-state index in [1.165, 1.54) is 36.8 Å². The summed E-state index contributed by atoms with van der Waals surface area (Å²) in [4.78, 5) is 23.7. The van der Waals surface area contributed by atoms with E-state index in [2.05, 4.69) is 12.0 Å². The topological polar surface area (TPSA) is 110 Å². The number of esters is 1. The van der Waals surface area contributed by atoms with Crippen LogP contribution >= 0.6 is 0 Å². The zero-order chi connectivity index (χ0) is 17.1. The fourth-order valence-electron chi connectivity index (χ4n) is 2.43. The van der Waals surface area contributed by atoms with Gasteiger partial charge in [0.2, 0.25) is 0 Å². The highest BCUT2D eigenvalue weighted by molar-refractivity contribution is 5.92. The second-order valence-electron chi connectivity index (χ2n) is 5.69. The van der Waals surface area contributed by atoms with Gasteiger partial charge in [-0.25, -0.2) is 4.79 Å². The first-order chi connectivity index (χ1) is 11.1. The largest absolute Gasteiger partial charge is 0.458 e. The molecule has 0 atom stereocenters. The van der Waals surface area contributed by atoms with Crippen molar-refractivity contribution in [1.29, 1.82) is 0 Å². The number of anilines is 1. The molecule has 0 saturated carbocycles. The monoisotopic (exact) mass is 327 g/mol. The smallest absolute Gasteiger partial charge is 0.358 e. The Morgan fingerprint density at radius 3 is 2.39 bits per heavy atom. The minimum atomic E-state index is -0.719. The van der Waals surface area contributed by atoms with Gasteiger partial charge in [-0.2, -0.15) is 0 Å². The molecule has 0 saturated heterocycles. The Labute approximate surface area is 136 Å². The van der Waals surface area contributed by atoms with Gasteiger partial charge in [0.1, 0.15) is 12.3 Å². The predicted octanol–water partition coefficient (Wildman–Crippen LogP) is 2.05.